The minimum absolute atomic E-state index is 0.271. The number of aliphatic hydroxyl groups is 1. The van der Waals surface area contributed by atoms with E-state index in [1.54, 1.807) is 0 Å². The van der Waals surface area contributed by atoms with Crippen molar-refractivity contribution in [3.05, 3.63) is 35.6 Å². The van der Waals surface area contributed by atoms with Crippen LogP contribution in [-0.4, -0.2) is 11.8 Å². The smallest absolute Gasteiger partial charge is 0.123 e. The lowest BCUT2D eigenvalue weighted by Gasteiger charge is -2.04. The Morgan fingerprint density at radius 1 is 1.45 bits per heavy atom. The molecule has 0 bridgehead atoms. The molecule has 0 aliphatic rings. The highest BCUT2D eigenvalue weighted by molar-refractivity contribution is 5.18. The molecule has 0 spiro atoms. The first kappa shape index (κ1) is 8.14. The highest BCUT2D eigenvalue weighted by Gasteiger charge is 2.06. The van der Waals surface area contributed by atoms with Gasteiger partial charge in [0.05, 0.1) is 0 Å². The van der Waals surface area contributed by atoms with Gasteiger partial charge in [0.2, 0.25) is 0 Å². The lowest BCUT2D eigenvalue weighted by molar-refractivity contribution is 0.141. The van der Waals surface area contributed by atoms with E-state index in [9.17, 15) is 8.78 Å². The molecule has 0 aromatic heterocycles. The molecule has 0 amide bonds. The molecular formula is C8H8F2O. The van der Waals surface area contributed by atoms with Crippen LogP contribution < -0.4 is 0 Å². The van der Waals surface area contributed by atoms with Gasteiger partial charge in [-0.25, -0.2) is 8.78 Å². The monoisotopic (exact) mass is 158 g/mol. The van der Waals surface area contributed by atoms with Gasteiger partial charge in [0.1, 0.15) is 18.6 Å². The first-order chi connectivity index (χ1) is 5.24. The number of hydrogen-bond donors (Lipinski definition) is 1. The molecule has 1 aromatic rings. The predicted octanol–water partition coefficient (Wildman–Crippen LogP) is 1.83. The number of halogens is 2. The molecule has 3 heteroatoms. The molecule has 1 rings (SSSR count). The minimum atomic E-state index is -1.20. The summed E-state index contributed by atoms with van der Waals surface area (Å²) in [5, 5.41) is 8.91. The molecule has 1 nitrogen and oxygen atoms in total. The van der Waals surface area contributed by atoms with Crippen LogP contribution in [0.5, 0.6) is 0 Å². The second-order valence-electron chi connectivity index (χ2n) is 2.23. The molecule has 1 atom stereocenters. The second-order valence-corrected chi connectivity index (χ2v) is 2.23. The van der Waals surface area contributed by atoms with Crippen molar-refractivity contribution in [2.24, 2.45) is 0 Å². The van der Waals surface area contributed by atoms with Crippen molar-refractivity contribution < 1.29 is 13.9 Å². The SMILES string of the molecule is OC(CF)c1cccc(F)c1. The van der Waals surface area contributed by atoms with Crippen molar-refractivity contribution in [2.75, 3.05) is 6.67 Å². The van der Waals surface area contributed by atoms with E-state index in [0.29, 0.717) is 0 Å². The topological polar surface area (TPSA) is 20.2 Å². The fourth-order valence-electron chi connectivity index (χ4n) is 0.803. The van der Waals surface area contributed by atoms with Gasteiger partial charge in [0, 0.05) is 0 Å². The van der Waals surface area contributed by atoms with Gasteiger partial charge in [-0.15, -0.1) is 0 Å². The summed E-state index contributed by atoms with van der Waals surface area (Å²) in [5.41, 5.74) is 0.271. The molecule has 0 saturated carbocycles. The molecular weight excluding hydrogens is 150 g/mol. The summed E-state index contributed by atoms with van der Waals surface area (Å²) in [7, 11) is 0. The van der Waals surface area contributed by atoms with E-state index in [0.717, 1.165) is 6.07 Å². The van der Waals surface area contributed by atoms with Crippen LogP contribution in [0.2, 0.25) is 0 Å². The normalized spacial score (nSPS) is 13.0. The molecule has 0 saturated heterocycles. The first-order valence-electron chi connectivity index (χ1n) is 3.23. The Hall–Kier alpha value is -0.960. The first-order valence-corrected chi connectivity index (χ1v) is 3.23. The Balaban J connectivity index is 2.86. The van der Waals surface area contributed by atoms with Gasteiger partial charge in [-0.2, -0.15) is 0 Å². The zero-order chi connectivity index (χ0) is 8.27. The van der Waals surface area contributed by atoms with Gasteiger partial charge in [-0.05, 0) is 17.7 Å². The summed E-state index contributed by atoms with van der Waals surface area (Å²) in [6.45, 7) is -0.885. The Labute approximate surface area is 63.3 Å². The van der Waals surface area contributed by atoms with Crippen LogP contribution in [0.1, 0.15) is 11.7 Å². The summed E-state index contributed by atoms with van der Waals surface area (Å²) in [4.78, 5) is 0. The molecule has 0 aliphatic heterocycles. The average molecular weight is 158 g/mol. The second kappa shape index (κ2) is 3.44. The van der Waals surface area contributed by atoms with Crippen LogP contribution in [0.15, 0.2) is 24.3 Å². The fourth-order valence-corrected chi connectivity index (χ4v) is 0.803. The van der Waals surface area contributed by atoms with E-state index in [1.807, 2.05) is 0 Å². The van der Waals surface area contributed by atoms with Crippen LogP contribution in [0.4, 0.5) is 8.78 Å². The summed E-state index contributed by atoms with van der Waals surface area (Å²) in [6, 6.07) is 5.27. The highest BCUT2D eigenvalue weighted by Crippen LogP contribution is 2.13. The zero-order valence-electron chi connectivity index (χ0n) is 5.80. The number of benzene rings is 1. The molecule has 1 aromatic carbocycles. The van der Waals surface area contributed by atoms with Gasteiger partial charge in [-0.1, -0.05) is 12.1 Å². The van der Waals surface area contributed by atoms with Crippen LogP contribution in [0.3, 0.4) is 0 Å². The number of hydrogen-bond acceptors (Lipinski definition) is 1. The lowest BCUT2D eigenvalue weighted by Crippen LogP contribution is -1.98. The molecule has 0 radical (unpaired) electrons. The molecule has 0 fully saturated rings. The molecule has 1 N–H and O–H groups in total. The van der Waals surface area contributed by atoms with E-state index >= 15 is 0 Å². The third-order valence-corrected chi connectivity index (χ3v) is 1.38. The van der Waals surface area contributed by atoms with E-state index in [-0.39, 0.29) is 5.56 Å². The zero-order valence-corrected chi connectivity index (χ0v) is 5.80. The maximum absolute atomic E-state index is 12.4. The van der Waals surface area contributed by atoms with Gasteiger partial charge >= 0.3 is 0 Å². The van der Waals surface area contributed by atoms with Crippen molar-refractivity contribution in [2.45, 2.75) is 6.10 Å². The average Bonchev–Trinajstić information content (AvgIpc) is 2.03. The van der Waals surface area contributed by atoms with Gasteiger partial charge < -0.3 is 5.11 Å². The van der Waals surface area contributed by atoms with Crippen LogP contribution in [-0.2, 0) is 0 Å². The van der Waals surface area contributed by atoms with Crippen LogP contribution in [0.25, 0.3) is 0 Å². The molecule has 0 aliphatic carbocycles. The van der Waals surface area contributed by atoms with Gasteiger partial charge in [-0.3, -0.25) is 0 Å². The Morgan fingerprint density at radius 2 is 2.18 bits per heavy atom. The molecule has 1 unspecified atom stereocenters. The van der Waals surface area contributed by atoms with Gasteiger partial charge in [0.25, 0.3) is 0 Å². The molecule has 60 valence electrons. The summed E-state index contributed by atoms with van der Waals surface area (Å²) < 4.78 is 24.3. The Morgan fingerprint density at radius 3 is 2.73 bits per heavy atom. The van der Waals surface area contributed by atoms with Crippen molar-refractivity contribution in [1.82, 2.24) is 0 Å². The fraction of sp³-hybridized carbons (Fsp3) is 0.250. The van der Waals surface area contributed by atoms with Crippen LogP contribution >= 0.6 is 0 Å². The third-order valence-electron chi connectivity index (χ3n) is 1.38. The molecule has 0 heterocycles. The maximum atomic E-state index is 12.4. The van der Waals surface area contributed by atoms with Crippen molar-refractivity contribution in [3.63, 3.8) is 0 Å². The predicted molar refractivity (Wildman–Crippen MR) is 37.3 cm³/mol. The Kier molecular flexibility index (Phi) is 2.54. The largest absolute Gasteiger partial charge is 0.386 e. The summed E-state index contributed by atoms with van der Waals surface area (Å²) in [6.07, 6.45) is -1.20. The summed E-state index contributed by atoms with van der Waals surface area (Å²) >= 11 is 0. The van der Waals surface area contributed by atoms with Crippen molar-refractivity contribution in [3.8, 4) is 0 Å². The van der Waals surface area contributed by atoms with E-state index < -0.39 is 18.6 Å². The van der Waals surface area contributed by atoms with E-state index in [4.69, 9.17) is 5.11 Å². The minimum Gasteiger partial charge on any atom is -0.386 e. The quantitative estimate of drug-likeness (QED) is 0.696. The van der Waals surface area contributed by atoms with E-state index in [2.05, 4.69) is 0 Å². The van der Waals surface area contributed by atoms with E-state index in [1.165, 1.54) is 18.2 Å². The number of aliphatic hydroxyl groups excluding tert-OH is 1. The number of rotatable bonds is 2. The Bertz CT molecular complexity index is 237. The highest BCUT2D eigenvalue weighted by atomic mass is 19.1. The maximum Gasteiger partial charge on any atom is 0.123 e. The number of alkyl halides is 1. The summed E-state index contributed by atoms with van der Waals surface area (Å²) in [5.74, 6) is -0.463. The molecule has 11 heavy (non-hydrogen) atoms. The third kappa shape index (κ3) is 1.98. The van der Waals surface area contributed by atoms with Crippen LogP contribution in [0, 0.1) is 5.82 Å². The lowest BCUT2D eigenvalue weighted by atomic mass is 10.1. The van der Waals surface area contributed by atoms with Crippen molar-refractivity contribution >= 4 is 0 Å². The van der Waals surface area contributed by atoms with Gasteiger partial charge in [0.15, 0.2) is 0 Å². The standard InChI is InChI=1S/C8H8F2O/c9-5-8(11)6-2-1-3-7(10)4-6/h1-4,8,11H,5H2. The van der Waals surface area contributed by atoms with Crippen molar-refractivity contribution in [1.29, 1.82) is 0 Å².